The van der Waals surface area contributed by atoms with E-state index in [1.165, 1.54) is 0 Å². The van der Waals surface area contributed by atoms with Gasteiger partial charge in [0.25, 0.3) is 0 Å². The number of para-hydroxylation sites is 1. The van der Waals surface area contributed by atoms with E-state index in [9.17, 15) is 20.0 Å². The summed E-state index contributed by atoms with van der Waals surface area (Å²) < 4.78 is 0. The van der Waals surface area contributed by atoms with Crippen LogP contribution in [0.25, 0.3) is 44.4 Å². The molecular formula is C40H34N8O3. The minimum absolute atomic E-state index is 0.0193. The molecule has 0 saturated carbocycles. The molecule has 5 N–H and O–H groups in total. The second kappa shape index (κ2) is 12.3. The molecule has 4 aromatic carbocycles. The fraction of sp³-hybridized carbons (Fsp3) is 0.225. The van der Waals surface area contributed by atoms with Crippen LogP contribution >= 0.6 is 0 Å². The van der Waals surface area contributed by atoms with Gasteiger partial charge in [-0.2, -0.15) is 5.26 Å². The molecule has 6 aromatic rings. The Labute approximate surface area is 293 Å². The minimum Gasteiger partial charge on any atom is -0.465 e. The van der Waals surface area contributed by atoms with Crippen molar-refractivity contribution in [3.63, 3.8) is 0 Å². The summed E-state index contributed by atoms with van der Waals surface area (Å²) in [4.78, 5) is 43.2. The molecule has 11 heteroatoms. The number of benzene rings is 4. The molecule has 2 aromatic heterocycles. The van der Waals surface area contributed by atoms with Gasteiger partial charge in [-0.3, -0.25) is 9.69 Å². The number of imidazole rings is 2. The lowest BCUT2D eigenvalue weighted by atomic mass is 9.98. The highest BCUT2D eigenvalue weighted by Gasteiger charge is 2.42. The molecule has 1 fully saturated rings. The first-order valence-electron chi connectivity index (χ1n) is 17.2. The second-order valence-corrected chi connectivity index (χ2v) is 13.6. The van der Waals surface area contributed by atoms with E-state index in [0.29, 0.717) is 31.6 Å². The first kappa shape index (κ1) is 30.8. The van der Waals surface area contributed by atoms with Crippen LogP contribution in [0.2, 0.25) is 0 Å². The van der Waals surface area contributed by atoms with Gasteiger partial charge in [0.1, 0.15) is 17.7 Å². The monoisotopic (exact) mass is 674 g/mol. The molecule has 9 rings (SSSR count). The van der Waals surface area contributed by atoms with Crippen molar-refractivity contribution in [2.24, 2.45) is 5.92 Å². The second-order valence-electron chi connectivity index (χ2n) is 13.6. The van der Waals surface area contributed by atoms with Gasteiger partial charge in [0, 0.05) is 18.5 Å². The van der Waals surface area contributed by atoms with Gasteiger partial charge in [0.15, 0.2) is 0 Å². The number of hydrogen-bond acceptors (Lipinski definition) is 6. The highest BCUT2D eigenvalue weighted by atomic mass is 16.4. The first-order chi connectivity index (χ1) is 24.9. The third-order valence-electron chi connectivity index (χ3n) is 10.5. The van der Waals surface area contributed by atoms with Crippen LogP contribution in [0.1, 0.15) is 47.7 Å². The van der Waals surface area contributed by atoms with Gasteiger partial charge in [0.05, 0.1) is 53.5 Å². The number of carboxylic acid groups (broad SMARTS) is 1. The number of carbonyl (C=O) groups excluding carboxylic acids is 1. The Balaban J connectivity index is 0.930. The summed E-state index contributed by atoms with van der Waals surface area (Å²) in [5.74, 6) is 1.31. The molecule has 0 aliphatic carbocycles. The van der Waals surface area contributed by atoms with Gasteiger partial charge in [0.2, 0.25) is 5.91 Å². The number of carbonyl (C=O) groups is 2. The highest BCUT2D eigenvalue weighted by Crippen LogP contribution is 2.44. The van der Waals surface area contributed by atoms with Crippen LogP contribution in [-0.2, 0) is 17.6 Å². The molecule has 1 saturated heterocycles. The number of nitrogens with zero attached hydrogens (tertiary/aromatic N) is 4. The normalized spacial score (nSPS) is 21.0. The van der Waals surface area contributed by atoms with Crippen molar-refractivity contribution in [1.82, 2.24) is 30.6 Å². The van der Waals surface area contributed by atoms with Crippen molar-refractivity contribution in [1.29, 1.82) is 5.26 Å². The molecule has 5 heterocycles. The number of hydrogen-bond donors (Lipinski definition) is 5. The largest absolute Gasteiger partial charge is 0.465 e. The maximum absolute atomic E-state index is 13.7. The van der Waals surface area contributed by atoms with Crippen LogP contribution in [0.15, 0.2) is 91.3 Å². The third-order valence-corrected chi connectivity index (χ3v) is 10.5. The van der Waals surface area contributed by atoms with Crippen LogP contribution in [0.4, 0.5) is 10.5 Å². The van der Waals surface area contributed by atoms with Crippen molar-refractivity contribution in [2.45, 2.75) is 43.8 Å². The molecule has 252 valence electrons. The summed E-state index contributed by atoms with van der Waals surface area (Å²) in [6.07, 6.45) is 4.86. The molecule has 4 atom stereocenters. The van der Waals surface area contributed by atoms with E-state index in [1.807, 2.05) is 24.4 Å². The number of nitrogens with one attached hydrogen (secondary N) is 4. The first-order valence-corrected chi connectivity index (χ1v) is 17.2. The van der Waals surface area contributed by atoms with Crippen molar-refractivity contribution < 1.29 is 14.7 Å². The number of anilines is 1. The number of fused-ring (bicyclic) bond motifs is 1. The van der Waals surface area contributed by atoms with Crippen molar-refractivity contribution in [3.05, 3.63) is 114 Å². The minimum atomic E-state index is -1.20. The lowest BCUT2D eigenvalue weighted by Crippen LogP contribution is -2.48. The Morgan fingerprint density at radius 3 is 2.29 bits per heavy atom. The van der Waals surface area contributed by atoms with Gasteiger partial charge in [-0.15, -0.1) is 0 Å². The Bertz CT molecular complexity index is 2370. The molecule has 0 bridgehead atoms. The quantitative estimate of drug-likeness (QED) is 0.132. The number of nitriles is 1. The number of aryl methyl sites for hydroxylation is 1. The fourth-order valence-corrected chi connectivity index (χ4v) is 7.92. The molecule has 0 spiro atoms. The fourth-order valence-electron chi connectivity index (χ4n) is 7.92. The van der Waals surface area contributed by atoms with Crippen LogP contribution in [0.5, 0.6) is 0 Å². The summed E-state index contributed by atoms with van der Waals surface area (Å²) in [6, 6.07) is 28.5. The number of rotatable bonds is 6. The molecule has 51 heavy (non-hydrogen) atoms. The molecule has 2 amide bonds. The Morgan fingerprint density at radius 1 is 0.863 bits per heavy atom. The number of amides is 2. The van der Waals surface area contributed by atoms with Gasteiger partial charge in [-0.1, -0.05) is 66.7 Å². The van der Waals surface area contributed by atoms with E-state index >= 15 is 0 Å². The number of H-pyrrole nitrogens is 2. The van der Waals surface area contributed by atoms with Gasteiger partial charge >= 0.3 is 6.09 Å². The zero-order valence-electron chi connectivity index (χ0n) is 27.6. The average Bonchev–Trinajstić information content (AvgIpc) is 3.97. The maximum Gasteiger partial charge on any atom is 0.405 e. The van der Waals surface area contributed by atoms with Crippen LogP contribution in [0, 0.1) is 17.2 Å². The van der Waals surface area contributed by atoms with E-state index in [4.69, 9.17) is 4.98 Å². The average molecular weight is 675 g/mol. The van der Waals surface area contributed by atoms with Crippen molar-refractivity contribution >= 4 is 28.5 Å². The van der Waals surface area contributed by atoms with Crippen LogP contribution in [0.3, 0.4) is 0 Å². The molecule has 11 nitrogen and oxygen atoms in total. The van der Waals surface area contributed by atoms with Gasteiger partial charge < -0.3 is 25.7 Å². The molecule has 0 unspecified atom stereocenters. The van der Waals surface area contributed by atoms with E-state index in [-0.39, 0.29) is 23.9 Å². The summed E-state index contributed by atoms with van der Waals surface area (Å²) >= 11 is 0. The van der Waals surface area contributed by atoms with Crippen molar-refractivity contribution in [3.8, 4) is 39.7 Å². The molecule has 0 radical (unpaired) electrons. The molecule has 3 aliphatic rings. The Hall–Kier alpha value is -6.25. The number of aromatic nitrogens is 4. The summed E-state index contributed by atoms with van der Waals surface area (Å²) in [7, 11) is 0. The van der Waals surface area contributed by atoms with Crippen molar-refractivity contribution in [2.75, 3.05) is 11.4 Å². The smallest absolute Gasteiger partial charge is 0.405 e. The van der Waals surface area contributed by atoms with E-state index in [2.05, 4.69) is 92.3 Å². The zero-order chi connectivity index (χ0) is 34.6. The SMILES string of the molecule is N#C[C@@H]1CN[C@H](c2ncc(-c3ccc4cc(-c5ccc(-c6cnc([C@@H]7Cc8cccc9c8N7C(=O)[C@@H](NC(=O)O)CC9)[nH]6)cc5)ccc4c3)[nH]2)C1. The Kier molecular flexibility index (Phi) is 7.40. The van der Waals surface area contributed by atoms with E-state index in [0.717, 1.165) is 73.5 Å². The van der Waals surface area contributed by atoms with E-state index < -0.39 is 12.1 Å². The molecule has 3 aliphatic heterocycles. The van der Waals surface area contributed by atoms with Crippen LogP contribution in [-0.4, -0.2) is 49.6 Å². The summed E-state index contributed by atoms with van der Waals surface area (Å²) in [5.41, 5.74) is 9.04. The highest BCUT2D eigenvalue weighted by molar-refractivity contribution is 6.02. The Morgan fingerprint density at radius 2 is 1.53 bits per heavy atom. The van der Waals surface area contributed by atoms with Gasteiger partial charge in [-0.25, -0.2) is 14.8 Å². The maximum atomic E-state index is 13.7. The summed E-state index contributed by atoms with van der Waals surface area (Å²) in [6.45, 7) is 0.693. The zero-order valence-corrected chi connectivity index (χ0v) is 27.6. The van der Waals surface area contributed by atoms with E-state index in [1.54, 1.807) is 11.1 Å². The predicted octanol–water partition coefficient (Wildman–Crippen LogP) is 6.67. The molecular weight excluding hydrogens is 640 g/mol. The third kappa shape index (κ3) is 5.50. The lowest BCUT2D eigenvalue weighted by Gasteiger charge is -2.27. The van der Waals surface area contributed by atoms with Crippen LogP contribution < -0.4 is 15.5 Å². The number of aromatic amines is 2. The predicted molar refractivity (Wildman–Crippen MR) is 193 cm³/mol. The summed E-state index contributed by atoms with van der Waals surface area (Å²) in [5, 5.41) is 26.7. The topological polar surface area (TPSA) is 163 Å². The lowest BCUT2D eigenvalue weighted by molar-refractivity contribution is -0.120. The standard InChI is InChI=1S/C40H34N8O3/c41-18-22-14-32(42-19-22)37-43-21-34(45-37)29-11-10-27-15-26(8-9-28(27)16-29)23-4-6-24(7-5-23)33-20-44-38(46-33)35-17-30-3-1-2-25-12-13-31(47-40(50)51)39(49)48(35)36(25)30/h1-11,15-16,20-22,31-32,35,42,47H,12-14,17,19H2,(H,43,45)(H,44,46)(H,50,51)/t22-,31+,32+,35+/m1/s1. The van der Waals surface area contributed by atoms with Gasteiger partial charge in [-0.05, 0) is 70.0 Å².